The van der Waals surface area contributed by atoms with Gasteiger partial charge >= 0.3 is 6.09 Å². The maximum Gasteiger partial charge on any atom is 0.408 e. The third-order valence-corrected chi connectivity index (χ3v) is 6.88. The molecule has 3 amide bonds. The first kappa shape index (κ1) is 32.7. The van der Waals surface area contributed by atoms with Crippen molar-refractivity contribution >= 4 is 23.6 Å². The Morgan fingerprint density at radius 1 is 0.975 bits per heavy atom. The summed E-state index contributed by atoms with van der Waals surface area (Å²) < 4.78 is 5.47. The second-order valence-electron chi connectivity index (χ2n) is 11.4. The Kier molecular flexibility index (Phi) is 12.5. The van der Waals surface area contributed by atoms with Crippen molar-refractivity contribution in [1.29, 1.82) is 0 Å². The molecule has 8 heteroatoms. The van der Waals surface area contributed by atoms with Crippen LogP contribution in [0.2, 0.25) is 0 Å². The average molecular weight is 554 g/mol. The van der Waals surface area contributed by atoms with Gasteiger partial charge < -0.3 is 25.4 Å². The predicted octanol–water partition coefficient (Wildman–Crippen LogP) is 6.73. The normalized spacial score (nSPS) is 13.6. The van der Waals surface area contributed by atoms with Crippen molar-refractivity contribution in [1.82, 2.24) is 10.2 Å². The first-order chi connectivity index (χ1) is 18.9. The molecule has 3 N–H and O–H groups in total. The largest absolute Gasteiger partial charge is 0.508 e. The van der Waals surface area contributed by atoms with Crippen LogP contribution in [0.3, 0.4) is 0 Å². The number of rotatable bonds is 13. The van der Waals surface area contributed by atoms with Crippen molar-refractivity contribution in [2.45, 2.75) is 98.3 Å². The number of phenols is 1. The quantitative estimate of drug-likeness (QED) is 0.238. The molecule has 2 aromatic rings. The molecule has 0 aromatic heterocycles. The highest BCUT2D eigenvalue weighted by molar-refractivity contribution is 5.99. The number of carbonyl (C=O) groups is 3. The zero-order valence-corrected chi connectivity index (χ0v) is 25.1. The Morgan fingerprint density at radius 2 is 1.62 bits per heavy atom. The number of nitrogens with zero attached hydrogens (tertiary/aromatic N) is 1. The minimum absolute atomic E-state index is 0.0843. The molecule has 2 rings (SSSR count). The summed E-state index contributed by atoms with van der Waals surface area (Å²) in [4.78, 5) is 42.7. The van der Waals surface area contributed by atoms with Crippen molar-refractivity contribution < 1.29 is 24.2 Å². The van der Waals surface area contributed by atoms with E-state index in [-0.39, 0.29) is 18.2 Å². The van der Waals surface area contributed by atoms with E-state index in [9.17, 15) is 19.5 Å². The molecule has 0 spiro atoms. The van der Waals surface area contributed by atoms with Gasteiger partial charge in [-0.15, -0.1) is 0 Å². The fourth-order valence-electron chi connectivity index (χ4n) is 4.46. The van der Waals surface area contributed by atoms with Crippen LogP contribution in [0.1, 0.15) is 90.8 Å². The Labute approximate surface area is 239 Å². The number of para-hydroxylation sites is 2. The number of aromatic hydroxyl groups is 1. The van der Waals surface area contributed by atoms with Gasteiger partial charge in [-0.25, -0.2) is 4.79 Å². The minimum Gasteiger partial charge on any atom is -0.508 e. The highest BCUT2D eigenvalue weighted by atomic mass is 16.6. The zero-order chi connectivity index (χ0) is 29.9. The molecule has 0 aliphatic carbocycles. The van der Waals surface area contributed by atoms with Crippen molar-refractivity contribution in [3.05, 3.63) is 59.7 Å². The number of alkyl carbamates (subject to hydrolysis) is 1. The molecule has 3 unspecified atom stereocenters. The van der Waals surface area contributed by atoms with Crippen LogP contribution in [0.5, 0.6) is 5.75 Å². The lowest BCUT2D eigenvalue weighted by molar-refractivity contribution is -0.142. The second-order valence-corrected chi connectivity index (χ2v) is 11.4. The molecule has 40 heavy (non-hydrogen) atoms. The second kappa shape index (κ2) is 15.3. The number of anilines is 1. The molecular formula is C32H47N3O5. The molecule has 0 saturated carbocycles. The molecule has 0 aliphatic heterocycles. The number of carbonyl (C=O) groups excluding carboxylic acids is 3. The molecule has 0 heterocycles. The van der Waals surface area contributed by atoms with Crippen molar-refractivity contribution in [2.75, 3.05) is 11.9 Å². The minimum atomic E-state index is -1.12. The van der Waals surface area contributed by atoms with Gasteiger partial charge in [0.05, 0.1) is 0 Å². The number of nitrogens with one attached hydrogen (secondary N) is 2. The lowest BCUT2D eigenvalue weighted by Gasteiger charge is -2.36. The van der Waals surface area contributed by atoms with Gasteiger partial charge in [-0.1, -0.05) is 82.9 Å². The van der Waals surface area contributed by atoms with Crippen LogP contribution in [0.4, 0.5) is 10.5 Å². The number of phenolic OH excluding ortho intramolecular Hbond substituents is 1. The van der Waals surface area contributed by atoms with Crippen molar-refractivity contribution in [2.24, 2.45) is 5.92 Å². The molecule has 0 radical (unpaired) electrons. The number of hydrogen-bond donors (Lipinski definition) is 3. The van der Waals surface area contributed by atoms with E-state index in [0.29, 0.717) is 24.1 Å². The monoisotopic (exact) mass is 553 g/mol. The summed E-state index contributed by atoms with van der Waals surface area (Å²) in [7, 11) is 0. The maximum absolute atomic E-state index is 14.4. The van der Waals surface area contributed by atoms with Crippen LogP contribution in [-0.2, 0) is 14.3 Å². The molecule has 2 aromatic carbocycles. The molecular weight excluding hydrogens is 506 g/mol. The molecule has 0 bridgehead atoms. The molecule has 8 nitrogen and oxygen atoms in total. The number of aryl methyl sites for hydroxylation is 1. The van der Waals surface area contributed by atoms with Gasteiger partial charge in [0.25, 0.3) is 5.91 Å². The van der Waals surface area contributed by atoms with Gasteiger partial charge in [-0.05, 0) is 57.7 Å². The third-order valence-electron chi connectivity index (χ3n) is 6.88. The fourth-order valence-corrected chi connectivity index (χ4v) is 4.46. The summed E-state index contributed by atoms with van der Waals surface area (Å²) in [6, 6.07) is 11.9. The highest BCUT2D eigenvalue weighted by Crippen LogP contribution is 2.32. The summed E-state index contributed by atoms with van der Waals surface area (Å²) in [5.41, 5.74) is 1.07. The van der Waals surface area contributed by atoms with E-state index in [1.54, 1.807) is 45.0 Å². The summed E-state index contributed by atoms with van der Waals surface area (Å²) >= 11 is 0. The highest BCUT2D eigenvalue weighted by Gasteiger charge is 2.39. The van der Waals surface area contributed by atoms with Gasteiger partial charge in [-0.3, -0.25) is 9.59 Å². The first-order valence-electron chi connectivity index (χ1n) is 14.3. The topological polar surface area (TPSA) is 108 Å². The summed E-state index contributed by atoms with van der Waals surface area (Å²) in [6.07, 6.45) is 3.47. The van der Waals surface area contributed by atoms with Gasteiger partial charge in [0.15, 0.2) is 0 Å². The molecule has 0 fully saturated rings. The van der Waals surface area contributed by atoms with Crippen LogP contribution in [0, 0.1) is 12.8 Å². The summed E-state index contributed by atoms with van der Waals surface area (Å²) in [6.45, 7) is 13.4. The molecule has 3 atom stereocenters. The van der Waals surface area contributed by atoms with E-state index >= 15 is 0 Å². The van der Waals surface area contributed by atoms with Crippen molar-refractivity contribution in [3.63, 3.8) is 0 Å². The number of ether oxygens (including phenoxy) is 1. The molecule has 220 valence electrons. The fraction of sp³-hybridized carbons (Fsp3) is 0.531. The number of unbranched alkanes of at least 4 members (excludes halogenated alkanes) is 3. The SMILES string of the molecule is CCCCCCN(C(=O)C(NC(=O)OC(C)(C)C)C(C)CC)C(C(=O)Nc1ccccc1C)c1ccccc1O. The third kappa shape index (κ3) is 9.57. The van der Waals surface area contributed by atoms with Crippen LogP contribution in [0.25, 0.3) is 0 Å². The molecule has 0 aliphatic rings. The first-order valence-corrected chi connectivity index (χ1v) is 14.3. The van der Waals surface area contributed by atoms with Gasteiger partial charge in [0.1, 0.15) is 23.4 Å². The maximum atomic E-state index is 14.4. The Bertz CT molecular complexity index is 1130. The Morgan fingerprint density at radius 3 is 2.23 bits per heavy atom. The van der Waals surface area contributed by atoms with Gasteiger partial charge in [0.2, 0.25) is 5.91 Å². The zero-order valence-electron chi connectivity index (χ0n) is 25.1. The number of amides is 3. The smallest absolute Gasteiger partial charge is 0.408 e. The van der Waals surface area contributed by atoms with Crippen molar-refractivity contribution in [3.8, 4) is 5.75 Å². The summed E-state index contributed by atoms with van der Waals surface area (Å²) in [5.74, 6) is -1.16. The number of benzene rings is 2. The van der Waals surface area contributed by atoms with Crippen LogP contribution < -0.4 is 10.6 Å². The van der Waals surface area contributed by atoms with E-state index in [1.165, 1.54) is 11.0 Å². The Balaban J connectivity index is 2.58. The van der Waals surface area contributed by atoms with E-state index in [2.05, 4.69) is 17.6 Å². The molecule has 0 saturated heterocycles. The van der Waals surface area contributed by atoms with E-state index in [1.807, 2.05) is 39.0 Å². The van der Waals surface area contributed by atoms with Gasteiger partial charge in [0, 0.05) is 17.8 Å². The average Bonchev–Trinajstić information content (AvgIpc) is 2.89. The predicted molar refractivity (Wildman–Crippen MR) is 159 cm³/mol. The van der Waals surface area contributed by atoms with E-state index in [4.69, 9.17) is 4.74 Å². The van der Waals surface area contributed by atoms with E-state index < -0.39 is 35.6 Å². The van der Waals surface area contributed by atoms with Crippen LogP contribution in [0.15, 0.2) is 48.5 Å². The standard InChI is InChI=1S/C32H47N3O5/c1-8-10-11-16-21-35(30(38)27(22(3)9-2)34-31(39)40-32(5,6)7)28(24-18-13-15-20-26(24)36)29(37)33-25-19-14-12-17-23(25)4/h12-15,17-20,22,27-28,36H,8-11,16,21H2,1-7H3,(H,33,37)(H,34,39). The van der Waals surface area contributed by atoms with Crippen LogP contribution in [-0.4, -0.2) is 46.1 Å². The number of hydrogen-bond acceptors (Lipinski definition) is 5. The van der Waals surface area contributed by atoms with E-state index in [0.717, 1.165) is 24.8 Å². The van der Waals surface area contributed by atoms with Gasteiger partial charge in [-0.2, -0.15) is 0 Å². The van der Waals surface area contributed by atoms with Crippen LogP contribution >= 0.6 is 0 Å². The lowest BCUT2D eigenvalue weighted by atomic mass is 9.95. The Hall–Kier alpha value is -3.55. The lowest BCUT2D eigenvalue weighted by Crippen LogP contribution is -2.55. The summed E-state index contributed by atoms with van der Waals surface area (Å²) in [5, 5.41) is 16.6.